The maximum atomic E-state index is 5.84. The normalized spacial score (nSPS) is 13.8. The molecule has 1 aromatic carbocycles. The van der Waals surface area contributed by atoms with Gasteiger partial charge in [-0.3, -0.25) is 4.99 Å². The molecule has 96 valence electrons. The van der Waals surface area contributed by atoms with E-state index in [0.717, 1.165) is 31.4 Å². The maximum Gasteiger partial charge on any atom is 0.129 e. The Balaban J connectivity index is 1.78. The van der Waals surface area contributed by atoms with Crippen molar-refractivity contribution < 1.29 is 0 Å². The molecule has 1 aliphatic heterocycles. The number of benzene rings is 1. The number of nitrogens with zero attached hydrogens (tertiary/aromatic N) is 3. The monoisotopic (exact) mass is 252 g/mol. The van der Waals surface area contributed by atoms with E-state index in [4.69, 9.17) is 5.73 Å². The summed E-state index contributed by atoms with van der Waals surface area (Å²) in [5.74, 6) is 0.569. The zero-order chi connectivity index (χ0) is 13.1. The standard InChI is InChI=1S/C15H16N4/c16-15-12(9-17-10-19-15)5-6-14-13-4-2-1-3-11(13)7-8-18-14/h1-4,9-10H,5-8H2,(H2,16,17,19). The molecule has 1 aromatic heterocycles. The maximum absolute atomic E-state index is 5.84. The Hall–Kier alpha value is -2.23. The molecular weight excluding hydrogens is 236 g/mol. The molecule has 2 heterocycles. The Morgan fingerprint density at radius 1 is 1.16 bits per heavy atom. The predicted octanol–water partition coefficient (Wildman–Crippen LogP) is 2.04. The van der Waals surface area contributed by atoms with Gasteiger partial charge in [0.25, 0.3) is 0 Å². The lowest BCUT2D eigenvalue weighted by atomic mass is 9.94. The fraction of sp³-hybridized carbons (Fsp3) is 0.267. The van der Waals surface area contributed by atoms with Crippen LogP contribution in [0.2, 0.25) is 0 Å². The SMILES string of the molecule is Nc1ncncc1CCC1=NCCc2ccccc21. The molecule has 2 aromatic rings. The molecule has 0 amide bonds. The number of nitrogens with two attached hydrogens (primary N) is 1. The highest BCUT2D eigenvalue weighted by molar-refractivity contribution is 6.02. The number of aliphatic imine (C=N–C) groups is 1. The number of hydrogen-bond donors (Lipinski definition) is 1. The molecule has 4 nitrogen and oxygen atoms in total. The van der Waals surface area contributed by atoms with Crippen LogP contribution in [-0.4, -0.2) is 22.2 Å². The summed E-state index contributed by atoms with van der Waals surface area (Å²) in [6.07, 6.45) is 6.02. The minimum absolute atomic E-state index is 0.569. The second kappa shape index (κ2) is 5.18. The lowest BCUT2D eigenvalue weighted by Crippen LogP contribution is -2.14. The van der Waals surface area contributed by atoms with Crippen molar-refractivity contribution in [1.82, 2.24) is 9.97 Å². The van der Waals surface area contributed by atoms with Crippen LogP contribution >= 0.6 is 0 Å². The number of aromatic nitrogens is 2. The third-order valence-corrected chi connectivity index (χ3v) is 3.47. The molecule has 1 aliphatic rings. The number of nitrogen functional groups attached to an aromatic ring is 1. The molecule has 0 saturated heterocycles. The number of hydrogen-bond acceptors (Lipinski definition) is 4. The third kappa shape index (κ3) is 2.47. The van der Waals surface area contributed by atoms with E-state index in [1.165, 1.54) is 23.2 Å². The van der Waals surface area contributed by atoms with Gasteiger partial charge in [-0.1, -0.05) is 24.3 Å². The molecule has 0 radical (unpaired) electrons. The van der Waals surface area contributed by atoms with E-state index < -0.39 is 0 Å². The minimum Gasteiger partial charge on any atom is -0.383 e. The van der Waals surface area contributed by atoms with Crippen LogP contribution in [0.15, 0.2) is 41.8 Å². The van der Waals surface area contributed by atoms with Gasteiger partial charge in [-0.05, 0) is 30.4 Å². The molecular formula is C15H16N4. The van der Waals surface area contributed by atoms with Crippen LogP contribution in [0.1, 0.15) is 23.1 Å². The first-order chi connectivity index (χ1) is 9.34. The molecule has 0 spiro atoms. The van der Waals surface area contributed by atoms with Crippen molar-refractivity contribution in [3.63, 3.8) is 0 Å². The Kier molecular flexibility index (Phi) is 3.23. The van der Waals surface area contributed by atoms with E-state index in [-0.39, 0.29) is 0 Å². The Morgan fingerprint density at radius 2 is 2.05 bits per heavy atom. The topological polar surface area (TPSA) is 64.2 Å². The van der Waals surface area contributed by atoms with Crippen molar-refractivity contribution in [3.8, 4) is 0 Å². The van der Waals surface area contributed by atoms with E-state index in [9.17, 15) is 0 Å². The van der Waals surface area contributed by atoms with E-state index in [2.05, 4.69) is 39.2 Å². The second-order valence-corrected chi connectivity index (χ2v) is 4.67. The summed E-state index contributed by atoms with van der Waals surface area (Å²) in [7, 11) is 0. The zero-order valence-electron chi connectivity index (χ0n) is 10.7. The first-order valence-electron chi connectivity index (χ1n) is 6.50. The van der Waals surface area contributed by atoms with Crippen LogP contribution in [0.3, 0.4) is 0 Å². The van der Waals surface area contributed by atoms with Gasteiger partial charge in [0, 0.05) is 24.0 Å². The summed E-state index contributed by atoms with van der Waals surface area (Å²) >= 11 is 0. The van der Waals surface area contributed by atoms with Gasteiger partial charge in [-0.15, -0.1) is 0 Å². The molecule has 0 unspecified atom stereocenters. The molecule has 0 saturated carbocycles. The molecule has 19 heavy (non-hydrogen) atoms. The molecule has 0 aliphatic carbocycles. The van der Waals surface area contributed by atoms with Crippen LogP contribution in [0.4, 0.5) is 5.82 Å². The molecule has 0 atom stereocenters. The van der Waals surface area contributed by atoms with E-state index >= 15 is 0 Å². The number of aryl methyl sites for hydroxylation is 1. The average molecular weight is 252 g/mol. The quantitative estimate of drug-likeness (QED) is 0.909. The molecule has 3 rings (SSSR count). The van der Waals surface area contributed by atoms with E-state index in [1.54, 1.807) is 6.20 Å². The van der Waals surface area contributed by atoms with Gasteiger partial charge in [-0.25, -0.2) is 9.97 Å². The minimum atomic E-state index is 0.569. The van der Waals surface area contributed by atoms with Crippen LogP contribution in [0.25, 0.3) is 0 Å². The largest absolute Gasteiger partial charge is 0.383 e. The Morgan fingerprint density at radius 3 is 2.95 bits per heavy atom. The second-order valence-electron chi connectivity index (χ2n) is 4.67. The molecule has 0 bridgehead atoms. The van der Waals surface area contributed by atoms with Crippen molar-refractivity contribution in [3.05, 3.63) is 53.5 Å². The van der Waals surface area contributed by atoms with Gasteiger partial charge >= 0.3 is 0 Å². The first-order valence-corrected chi connectivity index (χ1v) is 6.50. The summed E-state index contributed by atoms with van der Waals surface area (Å²) in [6, 6.07) is 8.49. The highest BCUT2D eigenvalue weighted by Gasteiger charge is 2.13. The lowest BCUT2D eigenvalue weighted by Gasteiger charge is -2.16. The summed E-state index contributed by atoms with van der Waals surface area (Å²) in [4.78, 5) is 12.7. The molecule has 4 heteroatoms. The van der Waals surface area contributed by atoms with E-state index in [0.29, 0.717) is 5.82 Å². The zero-order valence-corrected chi connectivity index (χ0v) is 10.7. The highest BCUT2D eigenvalue weighted by Crippen LogP contribution is 2.19. The fourth-order valence-electron chi connectivity index (χ4n) is 2.44. The van der Waals surface area contributed by atoms with Crippen molar-refractivity contribution in [2.75, 3.05) is 12.3 Å². The number of fused-ring (bicyclic) bond motifs is 1. The van der Waals surface area contributed by atoms with Gasteiger partial charge in [0.1, 0.15) is 12.1 Å². The lowest BCUT2D eigenvalue weighted by molar-refractivity contribution is 0.911. The summed E-state index contributed by atoms with van der Waals surface area (Å²) in [6.45, 7) is 0.882. The number of rotatable bonds is 3. The van der Waals surface area contributed by atoms with Crippen molar-refractivity contribution in [1.29, 1.82) is 0 Å². The van der Waals surface area contributed by atoms with Gasteiger partial charge in [0.15, 0.2) is 0 Å². The highest BCUT2D eigenvalue weighted by atomic mass is 14.9. The number of anilines is 1. The van der Waals surface area contributed by atoms with Gasteiger partial charge in [0.05, 0.1) is 0 Å². The summed E-state index contributed by atoms with van der Waals surface area (Å²) < 4.78 is 0. The Bertz CT molecular complexity index is 619. The first kappa shape index (κ1) is 11.8. The Labute approximate surface area is 112 Å². The third-order valence-electron chi connectivity index (χ3n) is 3.47. The van der Waals surface area contributed by atoms with Gasteiger partial charge < -0.3 is 5.73 Å². The van der Waals surface area contributed by atoms with Gasteiger partial charge in [0.2, 0.25) is 0 Å². The van der Waals surface area contributed by atoms with Crippen LogP contribution < -0.4 is 5.73 Å². The summed E-state index contributed by atoms with van der Waals surface area (Å²) in [5, 5.41) is 0. The van der Waals surface area contributed by atoms with Crippen molar-refractivity contribution >= 4 is 11.5 Å². The molecule has 0 fully saturated rings. The average Bonchev–Trinajstić information content (AvgIpc) is 2.46. The van der Waals surface area contributed by atoms with Crippen LogP contribution in [0, 0.1) is 0 Å². The van der Waals surface area contributed by atoms with Crippen molar-refractivity contribution in [2.45, 2.75) is 19.3 Å². The molecule has 2 N–H and O–H groups in total. The summed E-state index contributed by atoms with van der Waals surface area (Å²) in [5.41, 5.74) is 10.7. The fourth-order valence-corrected chi connectivity index (χ4v) is 2.44. The smallest absolute Gasteiger partial charge is 0.129 e. The van der Waals surface area contributed by atoms with Crippen LogP contribution in [0.5, 0.6) is 0 Å². The van der Waals surface area contributed by atoms with Gasteiger partial charge in [-0.2, -0.15) is 0 Å². The van der Waals surface area contributed by atoms with Crippen LogP contribution in [-0.2, 0) is 12.8 Å². The predicted molar refractivity (Wildman–Crippen MR) is 76.3 cm³/mol. The van der Waals surface area contributed by atoms with E-state index in [1.807, 2.05) is 0 Å². The van der Waals surface area contributed by atoms with Crippen molar-refractivity contribution in [2.24, 2.45) is 4.99 Å².